The Hall–Kier alpha value is -2.16. The number of imidazole rings is 1. The first-order chi connectivity index (χ1) is 10.8. The first kappa shape index (κ1) is 19.9. The Kier molecular flexibility index (Phi) is 6.70. The Morgan fingerprint density at radius 2 is 1.62 bits per heavy atom. The minimum absolute atomic E-state index is 0. The molecule has 9 heteroatoms. The normalized spacial score (nSPS) is 9.79. The molecule has 0 spiro atoms. The van der Waals surface area contributed by atoms with Gasteiger partial charge in [0.2, 0.25) is 0 Å². The maximum absolute atomic E-state index is 11.7. The maximum atomic E-state index is 11.7. The number of carbonyl (C=O) groups is 1. The number of rotatable bonds is 1. The van der Waals surface area contributed by atoms with Gasteiger partial charge in [0.1, 0.15) is 0 Å². The van der Waals surface area contributed by atoms with Crippen LogP contribution in [0.2, 0.25) is 0 Å². The largest absolute Gasteiger partial charge is 1.00 e. The van der Waals surface area contributed by atoms with Gasteiger partial charge in [-0.05, 0) is 5.56 Å². The van der Waals surface area contributed by atoms with Gasteiger partial charge in [0.15, 0.2) is 11.2 Å². The number of aromatic nitrogens is 4. The van der Waals surface area contributed by atoms with Crippen molar-refractivity contribution >= 4 is 17.1 Å². The molecule has 0 atom stereocenters. The molecule has 0 saturated heterocycles. The molecule has 0 aliphatic rings. The summed E-state index contributed by atoms with van der Waals surface area (Å²) in [5, 5.41) is 10.1. The summed E-state index contributed by atoms with van der Waals surface area (Å²) in [4.78, 5) is 37.2. The quantitative estimate of drug-likeness (QED) is 0.421. The van der Waals surface area contributed by atoms with Crippen molar-refractivity contribution < 1.29 is 39.5 Å². The number of nitrogens with zero attached hydrogens (tertiary/aromatic N) is 4. The maximum Gasteiger partial charge on any atom is 1.00 e. The van der Waals surface area contributed by atoms with Gasteiger partial charge in [-0.3, -0.25) is 13.9 Å². The second kappa shape index (κ2) is 8.09. The zero-order chi connectivity index (χ0) is 17.1. The third-order valence-corrected chi connectivity index (χ3v) is 3.33. The molecule has 24 heavy (non-hydrogen) atoms. The number of fused-ring (bicyclic) bond motifs is 1. The molecular formula is C15H15N4NaO4. The molecule has 0 unspecified atom stereocenters. The summed E-state index contributed by atoms with van der Waals surface area (Å²) < 4.78 is 4.04. The third kappa shape index (κ3) is 3.84. The summed E-state index contributed by atoms with van der Waals surface area (Å²) in [5.74, 6) is -1.13. The molecule has 3 aromatic rings. The van der Waals surface area contributed by atoms with E-state index in [0.717, 1.165) is 4.57 Å². The number of aryl methyl sites for hydroxylation is 2. The van der Waals surface area contributed by atoms with Crippen molar-refractivity contribution in [2.45, 2.75) is 0 Å². The fourth-order valence-electron chi connectivity index (χ4n) is 2.05. The molecular weight excluding hydrogens is 323 g/mol. The van der Waals surface area contributed by atoms with E-state index in [-0.39, 0.29) is 46.4 Å². The van der Waals surface area contributed by atoms with Crippen molar-refractivity contribution in [3.8, 4) is 0 Å². The van der Waals surface area contributed by atoms with Crippen LogP contribution in [0.25, 0.3) is 11.2 Å². The molecule has 0 fully saturated rings. The van der Waals surface area contributed by atoms with Crippen molar-refractivity contribution in [3.63, 3.8) is 0 Å². The third-order valence-electron chi connectivity index (χ3n) is 3.33. The monoisotopic (exact) mass is 338 g/mol. The Labute approximate surface area is 159 Å². The second-order valence-corrected chi connectivity index (χ2v) is 4.89. The van der Waals surface area contributed by atoms with Crippen molar-refractivity contribution in [1.82, 2.24) is 18.7 Å². The molecule has 8 nitrogen and oxygen atoms in total. The minimum atomic E-state index is -1.13. The van der Waals surface area contributed by atoms with Crippen LogP contribution in [-0.4, -0.2) is 24.7 Å². The smallest absolute Gasteiger partial charge is 0.545 e. The predicted octanol–water partition coefficient (Wildman–Crippen LogP) is -3.98. The van der Waals surface area contributed by atoms with Crippen LogP contribution in [0.15, 0.2) is 46.2 Å². The molecule has 0 bridgehead atoms. The van der Waals surface area contributed by atoms with E-state index in [9.17, 15) is 19.5 Å². The van der Waals surface area contributed by atoms with Gasteiger partial charge in [0.25, 0.3) is 5.56 Å². The van der Waals surface area contributed by atoms with E-state index in [0.29, 0.717) is 11.2 Å². The summed E-state index contributed by atoms with van der Waals surface area (Å²) in [6, 6.07) is 8.06. The number of carbonyl (C=O) groups excluding carboxylic acids is 1. The van der Waals surface area contributed by atoms with E-state index in [1.54, 1.807) is 36.9 Å². The van der Waals surface area contributed by atoms with Crippen molar-refractivity contribution in [2.75, 3.05) is 0 Å². The second-order valence-electron chi connectivity index (χ2n) is 4.89. The average molecular weight is 338 g/mol. The average Bonchev–Trinajstić information content (AvgIpc) is 2.94. The van der Waals surface area contributed by atoms with Crippen molar-refractivity contribution in [1.29, 1.82) is 0 Å². The molecule has 0 saturated carbocycles. The van der Waals surface area contributed by atoms with E-state index >= 15 is 0 Å². The van der Waals surface area contributed by atoms with Gasteiger partial charge in [-0.1, -0.05) is 30.3 Å². The molecule has 0 aliphatic carbocycles. The molecule has 2 aromatic heterocycles. The SMILES string of the molecule is Cn1c(=O)c2c(ncn2C)n(C)c1=O.O=C([O-])c1ccccc1.[Na+]. The standard InChI is InChI=1S/C8H10N4O2.C7H6O2.Na/c1-10-4-9-6-5(10)7(13)12(3)8(14)11(6)2;8-7(9)6-4-2-1-3-5-6;/h4H,1-3H3;1-5H,(H,8,9);/q;;+1/p-1. The fraction of sp³-hybridized carbons (Fsp3) is 0.200. The van der Waals surface area contributed by atoms with Gasteiger partial charge in [-0.2, -0.15) is 0 Å². The van der Waals surface area contributed by atoms with Crippen LogP contribution in [0, 0.1) is 0 Å². The molecule has 0 aliphatic heterocycles. The fourth-order valence-corrected chi connectivity index (χ4v) is 2.05. The molecule has 0 radical (unpaired) electrons. The summed E-state index contributed by atoms with van der Waals surface area (Å²) >= 11 is 0. The number of aromatic carboxylic acids is 1. The van der Waals surface area contributed by atoms with Crippen LogP contribution in [0.1, 0.15) is 10.4 Å². The van der Waals surface area contributed by atoms with Crippen molar-refractivity contribution in [3.05, 3.63) is 63.1 Å². The molecule has 2 heterocycles. The van der Waals surface area contributed by atoms with Crippen LogP contribution in [-0.2, 0) is 21.1 Å². The van der Waals surface area contributed by atoms with Gasteiger partial charge in [0.05, 0.1) is 12.3 Å². The van der Waals surface area contributed by atoms with Crippen LogP contribution < -0.4 is 45.9 Å². The van der Waals surface area contributed by atoms with Gasteiger partial charge in [-0.25, -0.2) is 9.78 Å². The van der Waals surface area contributed by atoms with E-state index in [4.69, 9.17) is 0 Å². The number of carboxylic acid groups (broad SMARTS) is 1. The Bertz CT molecular complexity index is 973. The summed E-state index contributed by atoms with van der Waals surface area (Å²) in [6.45, 7) is 0. The summed E-state index contributed by atoms with van der Waals surface area (Å²) in [5.41, 5.74) is 0.400. The number of hydrogen-bond donors (Lipinski definition) is 0. The van der Waals surface area contributed by atoms with Gasteiger partial charge < -0.3 is 14.5 Å². The Morgan fingerprint density at radius 1 is 1.04 bits per heavy atom. The van der Waals surface area contributed by atoms with E-state index < -0.39 is 5.97 Å². The zero-order valence-electron chi connectivity index (χ0n) is 13.9. The van der Waals surface area contributed by atoms with Crippen molar-refractivity contribution in [2.24, 2.45) is 21.1 Å². The number of benzene rings is 1. The van der Waals surface area contributed by atoms with Gasteiger partial charge >= 0.3 is 35.2 Å². The molecule has 0 amide bonds. The number of hydrogen-bond acceptors (Lipinski definition) is 5. The van der Waals surface area contributed by atoms with E-state index in [1.807, 2.05) is 0 Å². The zero-order valence-corrected chi connectivity index (χ0v) is 15.9. The molecule has 0 N–H and O–H groups in total. The van der Waals surface area contributed by atoms with E-state index in [2.05, 4.69) is 4.98 Å². The Morgan fingerprint density at radius 3 is 2.12 bits per heavy atom. The molecule has 3 rings (SSSR count). The van der Waals surface area contributed by atoms with Crippen LogP contribution in [0.4, 0.5) is 0 Å². The predicted molar refractivity (Wildman–Crippen MR) is 82.0 cm³/mol. The molecule has 120 valence electrons. The number of carboxylic acids is 1. The Balaban J connectivity index is 0.000000252. The van der Waals surface area contributed by atoms with Crippen LogP contribution in [0.5, 0.6) is 0 Å². The topological polar surface area (TPSA) is 102 Å². The first-order valence-corrected chi connectivity index (χ1v) is 6.68. The summed E-state index contributed by atoms with van der Waals surface area (Å²) in [6.07, 6.45) is 1.52. The van der Waals surface area contributed by atoms with Gasteiger partial charge in [-0.15, -0.1) is 0 Å². The molecule has 1 aromatic carbocycles. The van der Waals surface area contributed by atoms with Gasteiger partial charge in [0, 0.05) is 21.1 Å². The summed E-state index contributed by atoms with van der Waals surface area (Å²) in [7, 11) is 4.77. The minimum Gasteiger partial charge on any atom is -0.545 e. The van der Waals surface area contributed by atoms with Crippen LogP contribution in [0.3, 0.4) is 0 Å². The van der Waals surface area contributed by atoms with Crippen LogP contribution >= 0.6 is 0 Å². The first-order valence-electron chi connectivity index (χ1n) is 6.68. The van der Waals surface area contributed by atoms with E-state index in [1.165, 1.54) is 30.1 Å².